The molecule has 0 radical (unpaired) electrons. The second-order valence-corrected chi connectivity index (χ2v) is 6.84. The van der Waals surface area contributed by atoms with E-state index in [9.17, 15) is 9.18 Å². The van der Waals surface area contributed by atoms with Crippen molar-refractivity contribution < 1.29 is 9.18 Å². The summed E-state index contributed by atoms with van der Waals surface area (Å²) in [5.74, 6) is -0.299. The maximum atomic E-state index is 14.0. The first-order valence-electron chi connectivity index (χ1n) is 9.19. The molecule has 3 rings (SSSR count). The number of anilines is 2. The molecule has 2 aromatic carbocycles. The van der Waals surface area contributed by atoms with E-state index in [1.807, 2.05) is 25.1 Å². The van der Waals surface area contributed by atoms with Crippen LogP contribution in [0.3, 0.4) is 0 Å². The number of amides is 2. The van der Waals surface area contributed by atoms with Crippen LogP contribution in [-0.4, -0.2) is 31.1 Å². The zero-order valence-electron chi connectivity index (χ0n) is 15.4. The number of hydrogen-bond donors (Lipinski definition) is 1. The van der Waals surface area contributed by atoms with E-state index in [4.69, 9.17) is 0 Å². The number of benzene rings is 2. The first-order valence-corrected chi connectivity index (χ1v) is 9.19. The smallest absolute Gasteiger partial charge is 0.322 e. The summed E-state index contributed by atoms with van der Waals surface area (Å²) in [6.07, 6.45) is 3.70. The molecule has 1 aliphatic rings. The van der Waals surface area contributed by atoms with Crippen LogP contribution in [0.2, 0.25) is 0 Å². The molecule has 1 N–H and O–H groups in total. The van der Waals surface area contributed by atoms with Crippen molar-refractivity contribution in [2.45, 2.75) is 32.2 Å². The molecule has 0 aromatic heterocycles. The van der Waals surface area contributed by atoms with E-state index in [-0.39, 0.29) is 17.9 Å². The number of nitrogens with one attached hydrogen (secondary N) is 1. The molecule has 0 aliphatic carbocycles. The lowest BCUT2D eigenvalue weighted by Gasteiger charge is -2.29. The number of carbonyl (C=O) groups is 1. The maximum absolute atomic E-state index is 14.0. The van der Waals surface area contributed by atoms with Crippen LogP contribution in [0.1, 0.15) is 37.8 Å². The van der Waals surface area contributed by atoms with Crippen LogP contribution in [0.25, 0.3) is 0 Å². The van der Waals surface area contributed by atoms with Crippen molar-refractivity contribution >= 4 is 17.4 Å². The van der Waals surface area contributed by atoms with E-state index in [2.05, 4.69) is 16.3 Å². The topological polar surface area (TPSA) is 35.6 Å². The highest BCUT2D eigenvalue weighted by molar-refractivity contribution is 5.90. The second kappa shape index (κ2) is 8.21. The Labute approximate surface area is 154 Å². The van der Waals surface area contributed by atoms with Gasteiger partial charge in [-0.3, -0.25) is 0 Å². The second-order valence-electron chi connectivity index (χ2n) is 6.84. The van der Waals surface area contributed by atoms with Gasteiger partial charge in [0.25, 0.3) is 0 Å². The van der Waals surface area contributed by atoms with Crippen molar-refractivity contribution in [3.63, 3.8) is 0 Å². The van der Waals surface area contributed by atoms with E-state index in [1.54, 1.807) is 25.2 Å². The van der Waals surface area contributed by atoms with E-state index in [1.165, 1.54) is 30.2 Å². The van der Waals surface area contributed by atoms with Gasteiger partial charge in [-0.15, -0.1) is 0 Å². The number of piperidine rings is 1. The van der Waals surface area contributed by atoms with E-state index in [0.717, 1.165) is 24.5 Å². The summed E-state index contributed by atoms with van der Waals surface area (Å²) in [5.41, 5.74) is 2.39. The molecule has 5 heteroatoms. The third-order valence-corrected chi connectivity index (χ3v) is 5.08. The van der Waals surface area contributed by atoms with Gasteiger partial charge < -0.3 is 15.1 Å². The van der Waals surface area contributed by atoms with Gasteiger partial charge in [-0.05, 0) is 50.5 Å². The summed E-state index contributed by atoms with van der Waals surface area (Å²) in [7, 11) is 1.68. The van der Waals surface area contributed by atoms with Crippen molar-refractivity contribution in [2.75, 3.05) is 30.4 Å². The highest BCUT2D eigenvalue weighted by atomic mass is 19.1. The normalized spacial score (nSPS) is 15.4. The van der Waals surface area contributed by atoms with Crippen LogP contribution >= 0.6 is 0 Å². The molecular formula is C21H26FN3O. The average Bonchev–Trinajstić information content (AvgIpc) is 2.68. The summed E-state index contributed by atoms with van der Waals surface area (Å²) in [6.45, 7) is 3.94. The Hall–Kier alpha value is -2.56. The Morgan fingerprint density at radius 2 is 1.85 bits per heavy atom. The Bertz CT molecular complexity index is 758. The van der Waals surface area contributed by atoms with Crippen LogP contribution in [0.4, 0.5) is 20.6 Å². The van der Waals surface area contributed by atoms with Crippen LogP contribution in [0.5, 0.6) is 0 Å². The van der Waals surface area contributed by atoms with Gasteiger partial charge in [0.1, 0.15) is 5.82 Å². The fourth-order valence-corrected chi connectivity index (χ4v) is 3.34. The molecule has 138 valence electrons. The highest BCUT2D eigenvalue weighted by Crippen LogP contribution is 2.25. The average molecular weight is 355 g/mol. The van der Waals surface area contributed by atoms with E-state index in [0.29, 0.717) is 5.56 Å². The molecule has 1 aliphatic heterocycles. The third-order valence-electron chi connectivity index (χ3n) is 5.08. The molecule has 0 spiro atoms. The lowest BCUT2D eigenvalue weighted by molar-refractivity contribution is 0.207. The number of hydrogen-bond acceptors (Lipinski definition) is 2. The monoisotopic (exact) mass is 355 g/mol. The Kier molecular flexibility index (Phi) is 5.76. The highest BCUT2D eigenvalue weighted by Gasteiger charge is 2.20. The molecule has 26 heavy (non-hydrogen) atoms. The molecule has 2 aromatic rings. The van der Waals surface area contributed by atoms with Gasteiger partial charge in [0.2, 0.25) is 0 Å². The van der Waals surface area contributed by atoms with Gasteiger partial charge in [-0.25, -0.2) is 9.18 Å². The summed E-state index contributed by atoms with van der Waals surface area (Å²) in [6, 6.07) is 13.9. The summed E-state index contributed by atoms with van der Waals surface area (Å²) < 4.78 is 14.0. The van der Waals surface area contributed by atoms with Gasteiger partial charge in [0, 0.05) is 37.1 Å². The first-order chi connectivity index (χ1) is 12.6. The third kappa shape index (κ3) is 4.15. The fourth-order valence-electron chi connectivity index (χ4n) is 3.34. The summed E-state index contributed by atoms with van der Waals surface area (Å²) >= 11 is 0. The molecule has 0 saturated carbocycles. The van der Waals surface area contributed by atoms with Gasteiger partial charge in [-0.1, -0.05) is 24.3 Å². The molecule has 0 bridgehead atoms. The largest absolute Gasteiger partial charge is 0.371 e. The van der Waals surface area contributed by atoms with Crippen LogP contribution in [0.15, 0.2) is 48.5 Å². The van der Waals surface area contributed by atoms with Gasteiger partial charge in [0.15, 0.2) is 0 Å². The number of rotatable bonds is 4. The molecule has 1 heterocycles. The maximum Gasteiger partial charge on any atom is 0.322 e. The first kappa shape index (κ1) is 18.2. The van der Waals surface area contributed by atoms with Gasteiger partial charge in [0.05, 0.1) is 6.04 Å². The number of nitrogens with zero attached hydrogens (tertiary/aromatic N) is 2. The van der Waals surface area contributed by atoms with Crippen LogP contribution < -0.4 is 10.2 Å². The van der Waals surface area contributed by atoms with Crippen LogP contribution in [-0.2, 0) is 0 Å². The molecule has 2 amide bonds. The van der Waals surface area contributed by atoms with Crippen molar-refractivity contribution in [2.24, 2.45) is 0 Å². The molecule has 1 unspecified atom stereocenters. The standard InChI is InChI=1S/C21H26FN3O/c1-16(19-11-4-5-12-20(19)22)24(2)21(26)23-17-9-8-10-18(15-17)25-13-6-3-7-14-25/h4-5,8-12,15-16H,3,6-7,13-14H2,1-2H3,(H,23,26). The zero-order chi connectivity index (χ0) is 18.5. The molecule has 1 fully saturated rings. The molecule has 4 nitrogen and oxygen atoms in total. The van der Waals surface area contributed by atoms with Crippen molar-refractivity contribution in [3.05, 3.63) is 59.9 Å². The minimum Gasteiger partial charge on any atom is -0.371 e. The predicted molar refractivity (Wildman–Crippen MR) is 104 cm³/mol. The molecular weight excluding hydrogens is 329 g/mol. The Morgan fingerprint density at radius 1 is 1.12 bits per heavy atom. The zero-order valence-corrected chi connectivity index (χ0v) is 15.4. The Balaban J connectivity index is 1.68. The molecule has 1 atom stereocenters. The van der Waals surface area contributed by atoms with Gasteiger partial charge in [-0.2, -0.15) is 0 Å². The fraction of sp³-hybridized carbons (Fsp3) is 0.381. The molecule has 1 saturated heterocycles. The quantitative estimate of drug-likeness (QED) is 0.834. The summed E-state index contributed by atoms with van der Waals surface area (Å²) in [5, 5.41) is 2.93. The van der Waals surface area contributed by atoms with E-state index < -0.39 is 0 Å². The number of carbonyl (C=O) groups excluding carboxylic acids is 1. The van der Waals surface area contributed by atoms with Crippen molar-refractivity contribution in [1.82, 2.24) is 4.90 Å². The van der Waals surface area contributed by atoms with Crippen LogP contribution in [0, 0.1) is 5.82 Å². The lowest BCUT2D eigenvalue weighted by Crippen LogP contribution is -2.34. The Morgan fingerprint density at radius 3 is 2.58 bits per heavy atom. The predicted octanol–water partition coefficient (Wildman–Crippen LogP) is 5.04. The number of urea groups is 1. The minimum atomic E-state index is -0.360. The van der Waals surface area contributed by atoms with E-state index >= 15 is 0 Å². The lowest BCUT2D eigenvalue weighted by atomic mass is 10.1. The van der Waals surface area contributed by atoms with Crippen molar-refractivity contribution in [3.8, 4) is 0 Å². The number of halogens is 1. The SMILES string of the molecule is CC(c1ccccc1F)N(C)C(=O)Nc1cccc(N2CCCCC2)c1. The van der Waals surface area contributed by atoms with Gasteiger partial charge >= 0.3 is 6.03 Å². The summed E-state index contributed by atoms with van der Waals surface area (Å²) in [4.78, 5) is 16.5. The minimum absolute atomic E-state index is 0.253. The van der Waals surface area contributed by atoms with Crippen molar-refractivity contribution in [1.29, 1.82) is 0 Å².